The Morgan fingerprint density at radius 1 is 1.00 bits per heavy atom. The van der Waals surface area contributed by atoms with Gasteiger partial charge in [-0.05, 0) is 36.4 Å². The van der Waals surface area contributed by atoms with E-state index in [1.165, 1.54) is 7.11 Å². The van der Waals surface area contributed by atoms with Crippen LogP contribution in [0.15, 0.2) is 58.9 Å². The van der Waals surface area contributed by atoms with Crippen molar-refractivity contribution in [3.05, 3.63) is 76.9 Å². The molecule has 1 atom stereocenters. The van der Waals surface area contributed by atoms with Crippen molar-refractivity contribution < 1.29 is 33.0 Å². The average molecular weight is 418 g/mol. The number of carbonyl (C=O) groups is 2. The van der Waals surface area contributed by atoms with Crippen LogP contribution in [0, 0.1) is 0 Å². The van der Waals surface area contributed by atoms with Crippen molar-refractivity contribution in [3.63, 3.8) is 0 Å². The zero-order valence-corrected chi connectivity index (χ0v) is 16.8. The second kappa shape index (κ2) is 7.36. The molecule has 7 nitrogen and oxygen atoms in total. The minimum Gasteiger partial charge on any atom is -0.493 e. The van der Waals surface area contributed by atoms with Crippen LogP contribution in [-0.2, 0) is 4.79 Å². The summed E-state index contributed by atoms with van der Waals surface area (Å²) >= 11 is 0. The summed E-state index contributed by atoms with van der Waals surface area (Å²) in [7, 11) is 3.08. The summed E-state index contributed by atoms with van der Waals surface area (Å²) in [6.07, 6.45) is 3.26. The largest absolute Gasteiger partial charge is 0.493 e. The zero-order chi connectivity index (χ0) is 21.5. The van der Waals surface area contributed by atoms with E-state index in [1.54, 1.807) is 61.9 Å². The fourth-order valence-corrected chi connectivity index (χ4v) is 4.01. The van der Waals surface area contributed by atoms with E-state index >= 15 is 0 Å². The maximum Gasteiger partial charge on any atom is 0.312 e. The molecule has 0 saturated heterocycles. The number of carbonyl (C=O) groups excluding carboxylic acids is 2. The standard InChI is InChI=1S/C24H18O7/c1-27-18-6-3-5-13(23(18)28-2)11-19-22(26)14-8-9-17-21(24(14)31-19)15(12-20(25)30-17)16-7-4-10-29-16/h3-11,15H,12H2,1-2H3/b19-11-/t15-/m0/s1. The number of furan rings is 1. The van der Waals surface area contributed by atoms with Gasteiger partial charge in [-0.2, -0.15) is 0 Å². The van der Waals surface area contributed by atoms with Gasteiger partial charge >= 0.3 is 5.97 Å². The van der Waals surface area contributed by atoms with Gasteiger partial charge in [0.05, 0.1) is 38.4 Å². The molecule has 0 N–H and O–H groups in total. The summed E-state index contributed by atoms with van der Waals surface area (Å²) in [6, 6.07) is 12.2. The van der Waals surface area contributed by atoms with E-state index in [9.17, 15) is 9.59 Å². The molecule has 3 aromatic rings. The Morgan fingerprint density at radius 2 is 1.87 bits per heavy atom. The van der Waals surface area contributed by atoms with Crippen LogP contribution in [0.5, 0.6) is 23.0 Å². The minimum atomic E-state index is -0.403. The molecule has 0 bridgehead atoms. The molecule has 0 saturated carbocycles. The average Bonchev–Trinajstić information content (AvgIpc) is 3.41. The molecule has 0 aliphatic carbocycles. The van der Waals surface area contributed by atoms with Crippen LogP contribution in [0.2, 0.25) is 0 Å². The molecule has 2 aromatic carbocycles. The van der Waals surface area contributed by atoms with Crippen molar-refractivity contribution in [2.45, 2.75) is 12.3 Å². The predicted molar refractivity (Wildman–Crippen MR) is 110 cm³/mol. The number of hydrogen-bond acceptors (Lipinski definition) is 7. The summed E-state index contributed by atoms with van der Waals surface area (Å²) in [5.41, 5.74) is 1.67. The van der Waals surface area contributed by atoms with Crippen LogP contribution in [0.3, 0.4) is 0 Å². The third-order valence-corrected chi connectivity index (χ3v) is 5.39. The van der Waals surface area contributed by atoms with Gasteiger partial charge < -0.3 is 23.4 Å². The van der Waals surface area contributed by atoms with E-state index < -0.39 is 5.92 Å². The number of benzene rings is 2. The first-order chi connectivity index (χ1) is 15.1. The molecule has 0 unspecified atom stereocenters. The van der Waals surface area contributed by atoms with Crippen LogP contribution in [-0.4, -0.2) is 26.0 Å². The van der Waals surface area contributed by atoms with Crippen molar-refractivity contribution in [1.29, 1.82) is 0 Å². The van der Waals surface area contributed by atoms with Crippen LogP contribution in [0.1, 0.15) is 39.6 Å². The Labute approximate surface area is 177 Å². The Hall–Kier alpha value is -4.00. The Kier molecular flexibility index (Phi) is 4.51. The van der Waals surface area contributed by atoms with E-state index in [1.807, 2.05) is 0 Å². The first-order valence-corrected chi connectivity index (χ1v) is 9.67. The molecular formula is C24H18O7. The number of ketones is 1. The number of hydrogen-bond donors (Lipinski definition) is 0. The quantitative estimate of drug-likeness (QED) is 0.354. The highest BCUT2D eigenvalue weighted by Crippen LogP contribution is 2.49. The topological polar surface area (TPSA) is 84.2 Å². The van der Waals surface area contributed by atoms with Gasteiger partial charge in [0.25, 0.3) is 0 Å². The van der Waals surface area contributed by atoms with Crippen molar-refractivity contribution in [1.82, 2.24) is 0 Å². The highest BCUT2D eigenvalue weighted by Gasteiger charge is 2.39. The Balaban J connectivity index is 1.61. The molecular weight excluding hydrogens is 400 g/mol. The second-order valence-electron chi connectivity index (χ2n) is 7.12. The number of Topliss-reactive ketones (excluding diaryl/α,β-unsaturated/α-hetero) is 1. The number of fused-ring (bicyclic) bond motifs is 3. The van der Waals surface area contributed by atoms with Gasteiger partial charge in [-0.3, -0.25) is 9.59 Å². The molecule has 2 aliphatic rings. The van der Waals surface area contributed by atoms with Crippen molar-refractivity contribution >= 4 is 17.8 Å². The summed E-state index contributed by atoms with van der Waals surface area (Å²) in [4.78, 5) is 25.2. The van der Waals surface area contributed by atoms with E-state index in [2.05, 4.69) is 0 Å². The summed E-state index contributed by atoms with van der Waals surface area (Å²) in [5, 5.41) is 0. The lowest BCUT2D eigenvalue weighted by Crippen LogP contribution is -2.21. The predicted octanol–water partition coefficient (Wildman–Crippen LogP) is 4.35. The van der Waals surface area contributed by atoms with Crippen LogP contribution < -0.4 is 18.9 Å². The SMILES string of the molecule is COc1cccc(/C=C2\Oc3c(ccc4c3[C@H](c3ccco3)CC(=O)O4)C2=O)c1OC. The molecule has 0 amide bonds. The lowest BCUT2D eigenvalue weighted by atomic mass is 9.88. The number of para-hydroxylation sites is 1. The van der Waals surface area contributed by atoms with E-state index in [-0.39, 0.29) is 23.9 Å². The van der Waals surface area contributed by atoms with Crippen molar-refractivity contribution in [3.8, 4) is 23.0 Å². The third-order valence-electron chi connectivity index (χ3n) is 5.39. The fourth-order valence-electron chi connectivity index (χ4n) is 4.01. The lowest BCUT2D eigenvalue weighted by Gasteiger charge is -2.24. The summed E-state index contributed by atoms with van der Waals surface area (Å²) in [6.45, 7) is 0. The summed E-state index contributed by atoms with van der Waals surface area (Å²) < 4.78 is 27.8. The maximum atomic E-state index is 13.1. The molecule has 0 fully saturated rings. The molecule has 1 aromatic heterocycles. The van der Waals surface area contributed by atoms with Crippen molar-refractivity contribution in [2.75, 3.05) is 14.2 Å². The maximum absolute atomic E-state index is 13.1. The van der Waals surface area contributed by atoms with Crippen molar-refractivity contribution in [2.24, 2.45) is 0 Å². The minimum absolute atomic E-state index is 0.0945. The van der Waals surface area contributed by atoms with Crippen LogP contribution in [0.25, 0.3) is 6.08 Å². The smallest absolute Gasteiger partial charge is 0.312 e. The molecule has 156 valence electrons. The number of ether oxygens (including phenoxy) is 4. The summed E-state index contributed by atoms with van der Waals surface area (Å²) in [5.74, 6) is 1.50. The van der Waals surface area contributed by atoms with Gasteiger partial charge in [-0.15, -0.1) is 0 Å². The molecule has 3 heterocycles. The lowest BCUT2D eigenvalue weighted by molar-refractivity contribution is -0.135. The number of rotatable bonds is 4. The molecule has 0 radical (unpaired) electrons. The van der Waals surface area contributed by atoms with Gasteiger partial charge in [-0.25, -0.2) is 0 Å². The van der Waals surface area contributed by atoms with Gasteiger partial charge in [0.15, 0.2) is 17.3 Å². The molecule has 2 aliphatic heterocycles. The normalized spacial score (nSPS) is 18.3. The number of methoxy groups -OCH3 is 2. The van der Waals surface area contributed by atoms with E-state index in [0.717, 1.165) is 0 Å². The molecule has 5 rings (SSSR count). The highest BCUT2D eigenvalue weighted by atomic mass is 16.5. The number of esters is 1. The monoisotopic (exact) mass is 418 g/mol. The Morgan fingerprint density at radius 3 is 2.61 bits per heavy atom. The fraction of sp³-hybridized carbons (Fsp3) is 0.167. The van der Waals surface area contributed by atoms with Crippen LogP contribution in [0.4, 0.5) is 0 Å². The van der Waals surface area contributed by atoms with Crippen LogP contribution >= 0.6 is 0 Å². The highest BCUT2D eigenvalue weighted by molar-refractivity contribution is 6.15. The van der Waals surface area contributed by atoms with E-state index in [0.29, 0.717) is 45.4 Å². The first-order valence-electron chi connectivity index (χ1n) is 9.67. The van der Waals surface area contributed by atoms with Gasteiger partial charge in [0.2, 0.25) is 5.78 Å². The molecule has 31 heavy (non-hydrogen) atoms. The van der Waals surface area contributed by atoms with Gasteiger partial charge in [0.1, 0.15) is 17.3 Å². The van der Waals surface area contributed by atoms with E-state index in [4.69, 9.17) is 23.4 Å². The zero-order valence-electron chi connectivity index (χ0n) is 16.8. The van der Waals surface area contributed by atoms with Gasteiger partial charge in [0, 0.05) is 11.1 Å². The Bertz CT molecular complexity index is 1220. The first kappa shape index (κ1) is 19.0. The molecule has 7 heteroatoms. The third kappa shape index (κ3) is 3.06. The molecule has 0 spiro atoms. The second-order valence-corrected chi connectivity index (χ2v) is 7.12. The number of allylic oxidation sites excluding steroid dienone is 1. The van der Waals surface area contributed by atoms with Gasteiger partial charge in [-0.1, -0.05) is 12.1 Å².